The Morgan fingerprint density at radius 3 is 1.54 bits per heavy atom. The fourth-order valence-electron chi connectivity index (χ4n) is 2.56. The topological polar surface area (TPSA) is 26.3 Å². The molecule has 4 heteroatoms. The third kappa shape index (κ3) is 29.4. The molecule has 0 rings (SSSR count). The van der Waals surface area contributed by atoms with Crippen LogP contribution in [0.3, 0.4) is 0 Å². The summed E-state index contributed by atoms with van der Waals surface area (Å²) in [5.74, 6) is -0.0456. The molecular formula is C22H46O2SSn. The van der Waals surface area contributed by atoms with Gasteiger partial charge in [-0.3, -0.25) is 4.79 Å². The summed E-state index contributed by atoms with van der Waals surface area (Å²) < 4.78 is 8.03. The van der Waals surface area contributed by atoms with Crippen LogP contribution in [0.1, 0.15) is 111 Å². The minimum Gasteiger partial charge on any atom is -0.465 e. The first-order valence-electron chi connectivity index (χ1n) is 11.2. The molecule has 156 valence electrons. The number of hydrogen-bond acceptors (Lipinski definition) is 3. The van der Waals surface area contributed by atoms with E-state index in [1.807, 2.05) is 0 Å². The zero-order valence-electron chi connectivity index (χ0n) is 18.0. The van der Waals surface area contributed by atoms with E-state index < -0.39 is 0 Å². The molecule has 0 fully saturated rings. The van der Waals surface area contributed by atoms with Crippen LogP contribution in [0.2, 0.25) is 8.87 Å². The van der Waals surface area contributed by atoms with Crippen LogP contribution in [-0.2, 0) is 9.53 Å². The second-order valence-electron chi connectivity index (χ2n) is 7.02. The van der Waals surface area contributed by atoms with Gasteiger partial charge in [-0.05, 0) is 6.42 Å². The minimum absolute atomic E-state index is 0.0736. The van der Waals surface area contributed by atoms with E-state index in [9.17, 15) is 4.79 Å². The Bertz CT molecular complexity index is 249. The van der Waals surface area contributed by atoms with E-state index in [1.54, 1.807) is 21.7 Å². The smallest absolute Gasteiger partial charge is 0.315 e. The van der Waals surface area contributed by atoms with Crippen molar-refractivity contribution < 1.29 is 9.53 Å². The number of thiol groups is 1. The van der Waals surface area contributed by atoms with Crippen molar-refractivity contribution in [3.8, 4) is 0 Å². The molecule has 0 aliphatic heterocycles. The molecule has 0 atom stereocenters. The van der Waals surface area contributed by atoms with Crippen LogP contribution in [0.5, 0.6) is 0 Å². The van der Waals surface area contributed by atoms with Gasteiger partial charge in [0.1, 0.15) is 0 Å². The Balaban J connectivity index is 0. The summed E-state index contributed by atoms with van der Waals surface area (Å²) in [4.78, 5) is 10.4. The molecule has 26 heavy (non-hydrogen) atoms. The number of ether oxygens (including phenoxy) is 1. The second kappa shape index (κ2) is 27.8. The number of rotatable bonds is 18. The summed E-state index contributed by atoms with van der Waals surface area (Å²) in [6, 6.07) is 0. The summed E-state index contributed by atoms with van der Waals surface area (Å²) in [5, 5.41) is 0. The third-order valence-corrected chi connectivity index (χ3v) is 8.60. The molecule has 2 radical (unpaired) electrons. The molecule has 0 aromatic heterocycles. The molecule has 0 aliphatic rings. The maximum Gasteiger partial charge on any atom is 0.315 e. The maximum atomic E-state index is 10.4. The van der Waals surface area contributed by atoms with E-state index in [1.165, 1.54) is 64.2 Å². The van der Waals surface area contributed by atoms with Gasteiger partial charge in [-0.25, -0.2) is 0 Å². The van der Waals surface area contributed by atoms with Crippen LogP contribution < -0.4 is 0 Å². The SMILES string of the molecule is CCCCCCC[CH2][Sn][CH2]CCCCCCC.CCCCOC(=O)CS. The van der Waals surface area contributed by atoms with Gasteiger partial charge < -0.3 is 4.74 Å². The Morgan fingerprint density at radius 1 is 0.692 bits per heavy atom. The predicted octanol–water partition coefficient (Wildman–Crippen LogP) is 7.51. The Labute approximate surface area is 180 Å². The first-order valence-corrected chi connectivity index (χ1v) is 15.9. The fraction of sp³-hybridized carbons (Fsp3) is 0.955. The van der Waals surface area contributed by atoms with Crippen LogP contribution >= 0.6 is 12.6 Å². The van der Waals surface area contributed by atoms with Gasteiger partial charge in [0, 0.05) is 0 Å². The van der Waals surface area contributed by atoms with E-state index >= 15 is 0 Å². The van der Waals surface area contributed by atoms with Crippen LogP contribution in [0, 0.1) is 0 Å². The zero-order chi connectivity index (χ0) is 19.7. The average Bonchev–Trinajstić information content (AvgIpc) is 2.66. The summed E-state index contributed by atoms with van der Waals surface area (Å²) >= 11 is 3.82. The van der Waals surface area contributed by atoms with Crippen LogP contribution in [0.4, 0.5) is 0 Å². The second-order valence-corrected chi connectivity index (χ2v) is 11.6. The van der Waals surface area contributed by atoms with Crippen molar-refractivity contribution in [1.29, 1.82) is 0 Å². The summed E-state index contributed by atoms with van der Waals surface area (Å²) in [7, 11) is 0. The van der Waals surface area contributed by atoms with Crippen molar-refractivity contribution in [2.24, 2.45) is 0 Å². The molecule has 0 aliphatic carbocycles. The van der Waals surface area contributed by atoms with Crippen LogP contribution in [0.15, 0.2) is 0 Å². The molecule has 0 spiro atoms. The molecule has 0 aromatic rings. The normalized spacial score (nSPS) is 10.3. The van der Waals surface area contributed by atoms with Gasteiger partial charge >= 0.3 is 127 Å². The van der Waals surface area contributed by atoms with Crippen LogP contribution in [-0.4, -0.2) is 39.5 Å². The van der Waals surface area contributed by atoms with Gasteiger partial charge in [-0.2, -0.15) is 12.6 Å². The van der Waals surface area contributed by atoms with E-state index in [0.717, 1.165) is 12.8 Å². The minimum atomic E-state index is -0.230. The van der Waals surface area contributed by atoms with E-state index in [2.05, 4.69) is 33.4 Å². The molecular weight excluding hydrogens is 447 g/mol. The maximum absolute atomic E-state index is 10.4. The van der Waals surface area contributed by atoms with Gasteiger partial charge in [0.2, 0.25) is 0 Å². The first-order chi connectivity index (χ1) is 12.7. The zero-order valence-corrected chi connectivity index (χ0v) is 21.7. The first kappa shape index (κ1) is 28.8. The number of carbonyl (C=O) groups is 1. The molecule has 0 saturated carbocycles. The number of esters is 1. The number of carbonyl (C=O) groups excluding carboxylic acids is 1. The van der Waals surface area contributed by atoms with Gasteiger partial charge in [-0.1, -0.05) is 13.3 Å². The fourth-order valence-corrected chi connectivity index (χ4v) is 6.22. The van der Waals surface area contributed by atoms with Gasteiger partial charge in [-0.15, -0.1) is 0 Å². The van der Waals surface area contributed by atoms with E-state index in [-0.39, 0.29) is 32.9 Å². The molecule has 0 saturated heterocycles. The van der Waals surface area contributed by atoms with Crippen molar-refractivity contribution in [3.05, 3.63) is 0 Å². The standard InChI is InChI=1S/2C8H17.C6H12O2S.Sn/c2*1-3-5-7-8-6-4-2;1-2-3-4-8-6(7)5-9;/h2*1,3-8H2,2H3;9H,2-5H2,1H3;. The Morgan fingerprint density at radius 2 is 1.12 bits per heavy atom. The molecule has 0 amide bonds. The predicted molar refractivity (Wildman–Crippen MR) is 122 cm³/mol. The molecule has 0 aromatic carbocycles. The van der Waals surface area contributed by atoms with Gasteiger partial charge in [0.25, 0.3) is 0 Å². The van der Waals surface area contributed by atoms with E-state index in [0.29, 0.717) is 6.61 Å². The Kier molecular flexibility index (Phi) is 30.9. The summed E-state index contributed by atoms with van der Waals surface area (Å²) in [6.07, 6.45) is 19.8. The van der Waals surface area contributed by atoms with Crippen LogP contribution in [0.25, 0.3) is 0 Å². The Hall–Kier alpha value is 0.619. The number of hydrogen-bond donors (Lipinski definition) is 1. The van der Waals surface area contributed by atoms with Crippen molar-refractivity contribution in [2.75, 3.05) is 12.4 Å². The van der Waals surface area contributed by atoms with Gasteiger partial charge in [0.05, 0.1) is 12.4 Å². The van der Waals surface area contributed by atoms with E-state index in [4.69, 9.17) is 4.74 Å². The van der Waals surface area contributed by atoms with Crippen molar-refractivity contribution >= 4 is 39.7 Å². The summed E-state index contributed by atoms with van der Waals surface area (Å²) in [6.45, 7) is 7.19. The van der Waals surface area contributed by atoms with Crippen molar-refractivity contribution in [3.63, 3.8) is 0 Å². The largest absolute Gasteiger partial charge is 0.465 e. The average molecular weight is 493 g/mol. The summed E-state index contributed by atoms with van der Waals surface area (Å²) in [5.41, 5.74) is 0. The molecule has 0 bridgehead atoms. The van der Waals surface area contributed by atoms with Crippen molar-refractivity contribution in [1.82, 2.24) is 0 Å². The molecule has 0 heterocycles. The monoisotopic (exact) mass is 494 g/mol. The number of unbranched alkanes of at least 4 members (excludes halogenated alkanes) is 11. The molecule has 0 unspecified atom stereocenters. The van der Waals surface area contributed by atoms with Crippen molar-refractivity contribution in [2.45, 2.75) is 120 Å². The third-order valence-electron chi connectivity index (χ3n) is 4.30. The van der Waals surface area contributed by atoms with Gasteiger partial charge in [0.15, 0.2) is 0 Å². The molecule has 2 nitrogen and oxygen atoms in total. The molecule has 0 N–H and O–H groups in total. The quantitative estimate of drug-likeness (QED) is 0.0926.